The van der Waals surface area contributed by atoms with Crippen LogP contribution in [0.1, 0.15) is 60.6 Å². The van der Waals surface area contributed by atoms with Crippen molar-refractivity contribution in [2.45, 2.75) is 60.3 Å². The van der Waals surface area contributed by atoms with E-state index in [0.29, 0.717) is 34.5 Å². The summed E-state index contributed by atoms with van der Waals surface area (Å²) in [6.07, 6.45) is 0.723. The second-order valence-corrected chi connectivity index (χ2v) is 11.9. The van der Waals surface area contributed by atoms with Gasteiger partial charge in [-0.1, -0.05) is 69.4 Å². The van der Waals surface area contributed by atoms with E-state index in [4.69, 9.17) is 16.3 Å². The molecule has 2 aromatic heterocycles. The van der Waals surface area contributed by atoms with Gasteiger partial charge in [-0.2, -0.15) is 0 Å². The first-order valence-electron chi connectivity index (χ1n) is 12.3. The molecule has 0 aliphatic heterocycles. The van der Waals surface area contributed by atoms with Crippen LogP contribution in [-0.4, -0.2) is 35.0 Å². The molecule has 0 saturated carbocycles. The van der Waals surface area contributed by atoms with E-state index < -0.39 is 5.41 Å². The second-order valence-electron chi connectivity index (χ2n) is 10.2. The first-order chi connectivity index (χ1) is 17.5. The van der Waals surface area contributed by atoms with Crippen LogP contribution >= 0.6 is 22.9 Å². The van der Waals surface area contributed by atoms with Crippen molar-refractivity contribution in [3.63, 3.8) is 0 Å². The van der Waals surface area contributed by atoms with Crippen molar-refractivity contribution in [3.05, 3.63) is 47.4 Å². The van der Waals surface area contributed by atoms with E-state index in [1.54, 1.807) is 0 Å². The zero-order valence-electron chi connectivity index (χ0n) is 22.5. The molecule has 2 heterocycles. The van der Waals surface area contributed by atoms with Crippen LogP contribution in [0.4, 0.5) is 20.8 Å². The molecule has 3 aromatic rings. The molecule has 196 valence electrons. The van der Waals surface area contributed by atoms with E-state index in [1.807, 2.05) is 58.0 Å². The summed E-state index contributed by atoms with van der Waals surface area (Å²) in [5.41, 5.74) is 1.97. The maximum Gasteiger partial charge on any atom is 0.311 e. The minimum absolute atomic E-state index is 0.190. The number of hydrogen-bond acceptors (Lipinski definition) is 9. The number of carbonyl (C=O) groups is 1. The van der Waals surface area contributed by atoms with Gasteiger partial charge < -0.3 is 9.64 Å². The van der Waals surface area contributed by atoms with Crippen molar-refractivity contribution in [1.29, 1.82) is 0 Å². The van der Waals surface area contributed by atoms with E-state index in [-0.39, 0.29) is 18.0 Å². The maximum atomic E-state index is 12.4. The lowest BCUT2D eigenvalue weighted by atomic mass is 9.91. The smallest absolute Gasteiger partial charge is 0.311 e. The van der Waals surface area contributed by atoms with Gasteiger partial charge in [-0.3, -0.25) is 4.79 Å². The van der Waals surface area contributed by atoms with Crippen molar-refractivity contribution in [1.82, 2.24) is 9.36 Å². The fraction of sp³-hybridized carbons (Fsp3) is 0.481. The van der Waals surface area contributed by atoms with Crippen LogP contribution in [-0.2, 0) is 14.9 Å². The summed E-state index contributed by atoms with van der Waals surface area (Å²) >= 11 is 2.61. The van der Waals surface area contributed by atoms with Crippen LogP contribution < -0.4 is 4.90 Å². The number of hydrogen-bond donors (Lipinski definition) is 0. The van der Waals surface area contributed by atoms with Gasteiger partial charge in [-0.25, -0.2) is 14.2 Å². The van der Waals surface area contributed by atoms with Gasteiger partial charge in [-0.05, 0) is 44.3 Å². The molecule has 0 unspecified atom stereocenters. The van der Waals surface area contributed by atoms with Crippen LogP contribution in [0.25, 0.3) is 16.1 Å². The van der Waals surface area contributed by atoms with E-state index >= 15 is 0 Å². The van der Waals surface area contributed by atoms with Gasteiger partial charge >= 0.3 is 5.97 Å². The first kappa shape index (κ1) is 28.4. The number of esters is 1. The lowest BCUT2D eigenvalue weighted by molar-refractivity contribution is -0.153. The zero-order chi connectivity index (χ0) is 27.2. The molecule has 0 N–H and O–H groups in total. The number of ether oxygens (including phenoxy) is 1. The SMILES string of the molecule is [C-]#[N+]c1c(-c2ccccc2)nsc1N=Nc1sc(N(CC)CCOC(=O)C(C)(C)CC)nc1C(C)(C)C. The van der Waals surface area contributed by atoms with E-state index in [9.17, 15) is 4.79 Å². The Hall–Kier alpha value is -3.16. The Balaban J connectivity index is 1.85. The molecular weight excluding hydrogens is 504 g/mol. The molecule has 0 spiro atoms. The minimum Gasteiger partial charge on any atom is -0.463 e. The molecule has 0 amide bonds. The normalized spacial score (nSPS) is 12.1. The second kappa shape index (κ2) is 11.9. The van der Waals surface area contributed by atoms with Crippen LogP contribution in [0.2, 0.25) is 0 Å². The number of carbonyl (C=O) groups excluding carboxylic acids is 1. The number of likely N-dealkylation sites (N-methyl/N-ethyl adjacent to an activating group) is 1. The van der Waals surface area contributed by atoms with Crippen LogP contribution in [0, 0.1) is 12.0 Å². The molecule has 0 aliphatic carbocycles. The number of aromatic nitrogens is 2. The Labute approximate surface area is 227 Å². The summed E-state index contributed by atoms with van der Waals surface area (Å²) in [5.74, 6) is -0.190. The van der Waals surface area contributed by atoms with Gasteiger partial charge in [0, 0.05) is 12.0 Å². The highest BCUT2D eigenvalue weighted by molar-refractivity contribution is 7.19. The Morgan fingerprint density at radius 3 is 2.38 bits per heavy atom. The zero-order valence-corrected chi connectivity index (χ0v) is 24.2. The van der Waals surface area contributed by atoms with E-state index in [2.05, 4.69) is 45.1 Å². The monoisotopic (exact) mass is 538 g/mol. The summed E-state index contributed by atoms with van der Waals surface area (Å²) in [7, 11) is 0. The Bertz CT molecular complexity index is 1280. The third kappa shape index (κ3) is 6.79. The quantitative estimate of drug-likeness (QED) is 0.147. The van der Waals surface area contributed by atoms with Crippen molar-refractivity contribution in [3.8, 4) is 11.3 Å². The van der Waals surface area contributed by atoms with Gasteiger partial charge in [-0.15, -0.1) is 10.2 Å². The summed E-state index contributed by atoms with van der Waals surface area (Å²) in [6, 6.07) is 9.63. The number of rotatable bonds is 10. The van der Waals surface area contributed by atoms with Gasteiger partial charge in [0.2, 0.25) is 0 Å². The van der Waals surface area contributed by atoms with E-state index in [1.165, 1.54) is 11.3 Å². The Kier molecular flexibility index (Phi) is 9.16. The fourth-order valence-corrected chi connectivity index (χ4v) is 5.15. The van der Waals surface area contributed by atoms with Crippen LogP contribution in [0.5, 0.6) is 0 Å². The molecular formula is C27H34N6O2S2. The number of azo groups is 1. The highest BCUT2D eigenvalue weighted by Crippen LogP contribution is 2.44. The maximum absolute atomic E-state index is 12.4. The number of anilines is 1. The predicted molar refractivity (Wildman–Crippen MR) is 152 cm³/mol. The summed E-state index contributed by atoms with van der Waals surface area (Å²) in [6.45, 7) is 23.3. The van der Waals surface area contributed by atoms with Crippen molar-refractivity contribution in [2.24, 2.45) is 15.6 Å². The van der Waals surface area contributed by atoms with Crippen LogP contribution in [0.15, 0.2) is 40.6 Å². The molecule has 10 heteroatoms. The lowest BCUT2D eigenvalue weighted by Gasteiger charge is -2.23. The van der Waals surface area contributed by atoms with Crippen LogP contribution in [0.3, 0.4) is 0 Å². The summed E-state index contributed by atoms with van der Waals surface area (Å²) < 4.78 is 10.0. The largest absolute Gasteiger partial charge is 0.463 e. The molecule has 0 fully saturated rings. The molecule has 0 bridgehead atoms. The lowest BCUT2D eigenvalue weighted by Crippen LogP contribution is -2.31. The molecule has 8 nitrogen and oxygen atoms in total. The average molecular weight is 539 g/mol. The molecule has 1 aromatic carbocycles. The highest BCUT2D eigenvalue weighted by Gasteiger charge is 2.28. The Morgan fingerprint density at radius 2 is 1.78 bits per heavy atom. The third-order valence-corrected chi connectivity index (χ3v) is 7.75. The summed E-state index contributed by atoms with van der Waals surface area (Å²) in [4.78, 5) is 23.0. The van der Waals surface area contributed by atoms with Crippen molar-refractivity contribution in [2.75, 3.05) is 24.6 Å². The van der Waals surface area contributed by atoms with Crippen molar-refractivity contribution < 1.29 is 9.53 Å². The van der Waals surface area contributed by atoms with E-state index in [0.717, 1.165) is 34.3 Å². The standard InChI is InChI=1S/C27H34N6O2S2/c1-9-27(6,7)24(34)35-17-16-33(10-2)25-29-21(26(3,4)5)23(36-25)31-30-22-20(28-8)19(32-37-22)18-14-12-11-13-15-18/h11-15H,9-10,16-17H2,1-7H3. The third-order valence-electron chi connectivity index (χ3n) is 6.03. The molecule has 3 rings (SSSR count). The van der Waals surface area contributed by atoms with Gasteiger partial charge in [0.15, 0.2) is 15.1 Å². The minimum atomic E-state index is -0.494. The molecule has 0 aliphatic rings. The number of nitrogens with zero attached hydrogens (tertiary/aromatic N) is 6. The molecule has 0 radical (unpaired) electrons. The highest BCUT2D eigenvalue weighted by atomic mass is 32.1. The van der Waals surface area contributed by atoms with Gasteiger partial charge in [0.05, 0.1) is 29.9 Å². The fourth-order valence-electron chi connectivity index (χ4n) is 3.29. The first-order valence-corrected chi connectivity index (χ1v) is 13.9. The van der Waals surface area contributed by atoms with Gasteiger partial charge in [0.1, 0.15) is 6.61 Å². The Morgan fingerprint density at radius 1 is 1.11 bits per heavy atom. The molecule has 0 saturated heterocycles. The summed E-state index contributed by atoms with van der Waals surface area (Å²) in [5, 5.41) is 10.9. The van der Waals surface area contributed by atoms with Crippen molar-refractivity contribution >= 4 is 49.7 Å². The van der Waals surface area contributed by atoms with Gasteiger partial charge in [0.25, 0.3) is 5.69 Å². The molecule has 37 heavy (non-hydrogen) atoms. The number of thiazole rings is 1. The molecule has 0 atom stereocenters. The predicted octanol–water partition coefficient (Wildman–Crippen LogP) is 8.34. The average Bonchev–Trinajstić information content (AvgIpc) is 3.49. The number of benzene rings is 1. The topological polar surface area (TPSA) is 84.4 Å².